The number of aryl methyl sites for hydroxylation is 2. The summed E-state index contributed by atoms with van der Waals surface area (Å²) < 4.78 is 1.85. The molecule has 0 spiro atoms. The van der Waals surface area contributed by atoms with Gasteiger partial charge in [-0.25, -0.2) is 9.67 Å². The summed E-state index contributed by atoms with van der Waals surface area (Å²) in [5.41, 5.74) is 11.3. The Balaban J connectivity index is 2.41. The minimum atomic E-state index is 0.809. The Morgan fingerprint density at radius 3 is 2.63 bits per heavy atom. The summed E-state index contributed by atoms with van der Waals surface area (Å²) in [7, 11) is 0. The molecule has 0 saturated carbocycles. The van der Waals surface area contributed by atoms with E-state index in [2.05, 4.69) is 23.1 Å². The highest BCUT2D eigenvalue weighted by atomic mass is 15.3. The Morgan fingerprint density at radius 1 is 1.16 bits per heavy atom. The molecule has 0 aliphatic rings. The second-order valence-corrected chi connectivity index (χ2v) is 4.81. The van der Waals surface area contributed by atoms with Crippen molar-refractivity contribution in [3.8, 4) is 5.82 Å². The average Bonchev–Trinajstić information content (AvgIpc) is 2.74. The van der Waals surface area contributed by atoms with E-state index in [4.69, 9.17) is 5.73 Å². The summed E-state index contributed by atoms with van der Waals surface area (Å²) in [6, 6.07) is 7.91. The minimum Gasteiger partial charge on any atom is -0.398 e. The number of benzene rings is 1. The summed E-state index contributed by atoms with van der Waals surface area (Å²) in [5.74, 6) is 0.809. The Morgan fingerprint density at radius 2 is 1.95 bits per heavy atom. The van der Waals surface area contributed by atoms with Gasteiger partial charge in [-0.3, -0.25) is 0 Å². The van der Waals surface area contributed by atoms with Gasteiger partial charge in [0.15, 0.2) is 5.82 Å². The monoisotopic (exact) mass is 252 g/mol. The van der Waals surface area contributed by atoms with Crippen LogP contribution in [0.2, 0.25) is 0 Å². The molecule has 3 aromatic rings. The van der Waals surface area contributed by atoms with Crippen molar-refractivity contribution < 1.29 is 0 Å². The van der Waals surface area contributed by atoms with Crippen LogP contribution in [0.5, 0.6) is 0 Å². The van der Waals surface area contributed by atoms with Crippen LogP contribution >= 0.6 is 0 Å². The smallest absolute Gasteiger partial charge is 0.153 e. The van der Waals surface area contributed by atoms with Gasteiger partial charge in [-0.15, -0.1) is 0 Å². The number of anilines is 1. The average molecular weight is 252 g/mol. The second kappa shape index (κ2) is 4.09. The molecule has 2 heterocycles. The number of rotatable bonds is 1. The van der Waals surface area contributed by atoms with E-state index in [1.54, 1.807) is 6.20 Å². The standard InChI is InChI=1S/C15H16N4/c1-9-8-12-14(15(16)10(9)2)11(3)18-19(12)13-6-4-5-7-17-13/h4-8H,16H2,1-3H3. The minimum absolute atomic E-state index is 0.809. The molecule has 2 N–H and O–H groups in total. The molecule has 4 nitrogen and oxygen atoms in total. The van der Waals surface area contributed by atoms with Crippen molar-refractivity contribution >= 4 is 16.6 Å². The maximum absolute atomic E-state index is 6.24. The van der Waals surface area contributed by atoms with Crippen molar-refractivity contribution in [2.24, 2.45) is 0 Å². The van der Waals surface area contributed by atoms with E-state index in [0.717, 1.165) is 33.7 Å². The molecular weight excluding hydrogens is 236 g/mol. The number of fused-ring (bicyclic) bond motifs is 1. The fourth-order valence-corrected chi connectivity index (χ4v) is 2.38. The van der Waals surface area contributed by atoms with Gasteiger partial charge in [0.25, 0.3) is 0 Å². The zero-order valence-electron chi connectivity index (χ0n) is 11.3. The third kappa shape index (κ3) is 1.68. The molecule has 19 heavy (non-hydrogen) atoms. The van der Waals surface area contributed by atoms with Crippen LogP contribution in [-0.4, -0.2) is 14.8 Å². The van der Waals surface area contributed by atoms with Crippen LogP contribution in [0.25, 0.3) is 16.7 Å². The number of nitrogen functional groups attached to an aromatic ring is 1. The number of nitrogens with two attached hydrogens (primary N) is 1. The predicted molar refractivity (Wildman–Crippen MR) is 77.5 cm³/mol. The van der Waals surface area contributed by atoms with Crippen molar-refractivity contribution in [1.29, 1.82) is 0 Å². The van der Waals surface area contributed by atoms with Gasteiger partial charge in [-0.1, -0.05) is 6.07 Å². The first-order valence-electron chi connectivity index (χ1n) is 6.26. The predicted octanol–water partition coefficient (Wildman–Crippen LogP) is 2.93. The van der Waals surface area contributed by atoms with Gasteiger partial charge in [-0.05, 0) is 50.1 Å². The van der Waals surface area contributed by atoms with Gasteiger partial charge in [0, 0.05) is 17.3 Å². The van der Waals surface area contributed by atoms with E-state index in [1.807, 2.05) is 36.7 Å². The van der Waals surface area contributed by atoms with Gasteiger partial charge in [0.2, 0.25) is 0 Å². The molecule has 3 rings (SSSR count). The van der Waals surface area contributed by atoms with Gasteiger partial charge in [0.1, 0.15) is 0 Å². The first-order valence-corrected chi connectivity index (χ1v) is 6.26. The SMILES string of the molecule is Cc1cc2c(c(C)nn2-c2ccccn2)c(N)c1C. The highest BCUT2D eigenvalue weighted by molar-refractivity contribution is 5.96. The Kier molecular flexibility index (Phi) is 2.52. The molecule has 0 atom stereocenters. The number of nitrogens with zero attached hydrogens (tertiary/aromatic N) is 3. The van der Waals surface area contributed by atoms with Crippen molar-refractivity contribution in [2.75, 3.05) is 5.73 Å². The molecule has 0 radical (unpaired) electrons. The van der Waals surface area contributed by atoms with Crippen LogP contribution < -0.4 is 5.73 Å². The lowest BCUT2D eigenvalue weighted by Crippen LogP contribution is -2.00. The molecule has 0 fully saturated rings. The first kappa shape index (κ1) is 11.7. The molecule has 0 unspecified atom stereocenters. The second-order valence-electron chi connectivity index (χ2n) is 4.81. The van der Waals surface area contributed by atoms with E-state index >= 15 is 0 Å². The molecule has 4 heteroatoms. The van der Waals surface area contributed by atoms with Crippen molar-refractivity contribution in [2.45, 2.75) is 20.8 Å². The fourth-order valence-electron chi connectivity index (χ4n) is 2.38. The van der Waals surface area contributed by atoms with Gasteiger partial charge >= 0.3 is 0 Å². The Labute approximate surface area is 111 Å². The lowest BCUT2D eigenvalue weighted by atomic mass is 10.0. The van der Waals surface area contributed by atoms with Gasteiger partial charge < -0.3 is 5.73 Å². The van der Waals surface area contributed by atoms with Crippen LogP contribution in [0.1, 0.15) is 16.8 Å². The van der Waals surface area contributed by atoms with Crippen molar-refractivity contribution in [3.63, 3.8) is 0 Å². The topological polar surface area (TPSA) is 56.7 Å². The van der Waals surface area contributed by atoms with Crippen LogP contribution in [0.15, 0.2) is 30.5 Å². The zero-order valence-corrected chi connectivity index (χ0v) is 11.3. The third-order valence-electron chi connectivity index (χ3n) is 3.58. The maximum Gasteiger partial charge on any atom is 0.153 e. The summed E-state index contributed by atoms with van der Waals surface area (Å²) >= 11 is 0. The zero-order chi connectivity index (χ0) is 13.6. The molecule has 96 valence electrons. The molecule has 0 aliphatic carbocycles. The molecule has 1 aromatic carbocycles. The van der Waals surface area contributed by atoms with Crippen LogP contribution in [0.4, 0.5) is 5.69 Å². The molecular formula is C15H16N4. The third-order valence-corrected chi connectivity index (χ3v) is 3.58. The molecule has 0 aliphatic heterocycles. The summed E-state index contributed by atoms with van der Waals surface area (Å²) in [4.78, 5) is 4.35. The lowest BCUT2D eigenvalue weighted by molar-refractivity contribution is 0.857. The number of hydrogen-bond acceptors (Lipinski definition) is 3. The van der Waals surface area contributed by atoms with Crippen LogP contribution in [-0.2, 0) is 0 Å². The van der Waals surface area contributed by atoms with Crippen molar-refractivity contribution in [3.05, 3.63) is 47.3 Å². The Bertz CT molecular complexity index is 757. The van der Waals surface area contributed by atoms with E-state index in [-0.39, 0.29) is 0 Å². The highest BCUT2D eigenvalue weighted by Gasteiger charge is 2.14. The normalized spacial score (nSPS) is 11.1. The number of aromatic nitrogens is 3. The molecule has 0 bridgehead atoms. The molecule has 0 amide bonds. The first-order chi connectivity index (χ1) is 9.09. The van der Waals surface area contributed by atoms with E-state index in [1.165, 1.54) is 5.56 Å². The highest BCUT2D eigenvalue weighted by Crippen LogP contribution is 2.31. The van der Waals surface area contributed by atoms with Crippen LogP contribution in [0.3, 0.4) is 0 Å². The van der Waals surface area contributed by atoms with E-state index in [0.29, 0.717) is 0 Å². The van der Waals surface area contributed by atoms with Crippen LogP contribution in [0, 0.1) is 20.8 Å². The van der Waals surface area contributed by atoms with Gasteiger partial charge in [0.05, 0.1) is 11.2 Å². The Hall–Kier alpha value is -2.36. The summed E-state index contributed by atoms with van der Waals surface area (Å²) in [5, 5.41) is 5.60. The quantitative estimate of drug-likeness (QED) is 0.677. The summed E-state index contributed by atoms with van der Waals surface area (Å²) in [6.07, 6.45) is 1.77. The van der Waals surface area contributed by atoms with E-state index < -0.39 is 0 Å². The maximum atomic E-state index is 6.24. The number of hydrogen-bond donors (Lipinski definition) is 1. The lowest BCUT2D eigenvalue weighted by Gasteiger charge is -2.08. The summed E-state index contributed by atoms with van der Waals surface area (Å²) in [6.45, 7) is 6.09. The van der Waals surface area contributed by atoms with Crippen molar-refractivity contribution in [1.82, 2.24) is 14.8 Å². The largest absolute Gasteiger partial charge is 0.398 e. The van der Waals surface area contributed by atoms with E-state index in [9.17, 15) is 0 Å². The fraction of sp³-hybridized carbons (Fsp3) is 0.200. The molecule has 2 aromatic heterocycles. The number of pyridine rings is 1. The molecule has 0 saturated heterocycles. The van der Waals surface area contributed by atoms with Gasteiger partial charge in [-0.2, -0.15) is 5.10 Å².